The van der Waals surface area contributed by atoms with Gasteiger partial charge in [0.1, 0.15) is 0 Å². The molecule has 5 nitrogen and oxygen atoms in total. The van der Waals surface area contributed by atoms with Crippen molar-refractivity contribution in [2.24, 2.45) is 5.73 Å². The van der Waals surface area contributed by atoms with Gasteiger partial charge in [-0.15, -0.1) is 0 Å². The molecule has 1 atom stereocenters. The first kappa shape index (κ1) is 14.7. The predicted molar refractivity (Wildman–Crippen MR) is 80.7 cm³/mol. The van der Waals surface area contributed by atoms with Crippen molar-refractivity contribution in [2.75, 3.05) is 6.54 Å². The molecular formula is C14H18N4OS. The summed E-state index contributed by atoms with van der Waals surface area (Å²) in [6.45, 7) is 2.50. The van der Waals surface area contributed by atoms with Gasteiger partial charge in [0.05, 0.1) is 10.9 Å². The van der Waals surface area contributed by atoms with E-state index in [0.717, 1.165) is 24.2 Å². The molecule has 3 N–H and O–H groups in total. The maximum atomic E-state index is 11.6. The van der Waals surface area contributed by atoms with Crippen LogP contribution >= 0.6 is 11.8 Å². The molecule has 0 aliphatic rings. The van der Waals surface area contributed by atoms with Crippen LogP contribution in [-0.4, -0.2) is 21.5 Å². The third kappa shape index (κ3) is 3.91. The monoisotopic (exact) mass is 290 g/mol. The number of hydrogen-bond acceptors (Lipinski definition) is 5. The lowest BCUT2D eigenvalue weighted by Gasteiger charge is -2.13. The zero-order chi connectivity index (χ0) is 14.4. The summed E-state index contributed by atoms with van der Waals surface area (Å²) in [6, 6.07) is 7.27. The zero-order valence-corrected chi connectivity index (χ0v) is 12.2. The van der Waals surface area contributed by atoms with Crippen LogP contribution in [0.1, 0.15) is 30.0 Å². The van der Waals surface area contributed by atoms with Gasteiger partial charge in [0, 0.05) is 24.5 Å². The molecule has 2 aromatic heterocycles. The van der Waals surface area contributed by atoms with Gasteiger partial charge in [-0.2, -0.15) is 0 Å². The quantitative estimate of drug-likeness (QED) is 0.627. The Kier molecular flexibility index (Phi) is 5.31. The Morgan fingerprint density at radius 1 is 1.45 bits per heavy atom. The van der Waals surface area contributed by atoms with Crippen molar-refractivity contribution in [1.82, 2.24) is 15.0 Å². The topological polar surface area (TPSA) is 84.7 Å². The Morgan fingerprint density at radius 3 is 2.95 bits per heavy atom. The second-order valence-corrected chi connectivity index (χ2v) is 5.58. The Balaban J connectivity index is 2.21. The summed E-state index contributed by atoms with van der Waals surface area (Å²) < 4.78 is 0. The highest BCUT2D eigenvalue weighted by molar-refractivity contribution is 7.99. The summed E-state index contributed by atoms with van der Waals surface area (Å²) in [5.41, 5.74) is 7.39. The number of aromatic nitrogens is 3. The Bertz CT molecular complexity index is 600. The third-order valence-electron chi connectivity index (χ3n) is 2.76. The molecule has 106 valence electrons. The van der Waals surface area contributed by atoms with E-state index in [-0.39, 0.29) is 10.8 Å². The first-order valence-electron chi connectivity index (χ1n) is 6.60. The van der Waals surface area contributed by atoms with Crippen LogP contribution in [-0.2, 0) is 6.42 Å². The number of nitrogens with one attached hydrogen (secondary N) is 1. The third-order valence-corrected chi connectivity index (χ3v) is 3.90. The van der Waals surface area contributed by atoms with Crippen molar-refractivity contribution in [1.29, 1.82) is 0 Å². The molecule has 0 saturated heterocycles. The number of aromatic amines is 1. The average Bonchev–Trinajstić information content (AvgIpc) is 2.45. The number of pyridine rings is 1. The molecule has 0 saturated carbocycles. The van der Waals surface area contributed by atoms with Gasteiger partial charge in [0.25, 0.3) is 5.56 Å². The molecule has 1 unspecified atom stereocenters. The normalized spacial score (nSPS) is 12.3. The van der Waals surface area contributed by atoms with Gasteiger partial charge in [-0.1, -0.05) is 31.2 Å². The number of nitrogens with two attached hydrogens (primary N) is 1. The summed E-state index contributed by atoms with van der Waals surface area (Å²) in [6.07, 6.45) is 3.50. The van der Waals surface area contributed by atoms with Gasteiger partial charge >= 0.3 is 0 Å². The average molecular weight is 290 g/mol. The van der Waals surface area contributed by atoms with Gasteiger partial charge < -0.3 is 10.7 Å². The fourth-order valence-electron chi connectivity index (χ4n) is 1.85. The highest BCUT2D eigenvalue weighted by Crippen LogP contribution is 2.30. The minimum absolute atomic E-state index is 0.0174. The molecule has 2 heterocycles. The van der Waals surface area contributed by atoms with Crippen LogP contribution < -0.4 is 11.3 Å². The fourth-order valence-corrected chi connectivity index (χ4v) is 2.81. The summed E-state index contributed by atoms with van der Waals surface area (Å²) in [5, 5.41) is 0.582. The molecule has 2 aromatic rings. The second-order valence-electron chi connectivity index (χ2n) is 4.39. The van der Waals surface area contributed by atoms with E-state index in [2.05, 4.69) is 21.9 Å². The number of rotatable bonds is 6. The zero-order valence-electron chi connectivity index (χ0n) is 11.4. The van der Waals surface area contributed by atoms with Gasteiger partial charge in [0.15, 0.2) is 5.16 Å². The van der Waals surface area contributed by atoms with Crippen LogP contribution in [0, 0.1) is 0 Å². The molecule has 0 radical (unpaired) electrons. The molecule has 0 aliphatic heterocycles. The second kappa shape index (κ2) is 7.21. The van der Waals surface area contributed by atoms with E-state index in [4.69, 9.17) is 5.73 Å². The first-order chi connectivity index (χ1) is 9.72. The molecule has 0 fully saturated rings. The molecule has 0 aliphatic carbocycles. The lowest BCUT2D eigenvalue weighted by Crippen LogP contribution is -2.14. The molecule has 0 bridgehead atoms. The SMILES string of the molecule is CCCc1cc(=O)[nH]c(SC(CN)c2ccccn2)n1. The van der Waals surface area contributed by atoms with E-state index in [1.54, 1.807) is 12.3 Å². The maximum absolute atomic E-state index is 11.6. The molecule has 0 spiro atoms. The Hall–Kier alpha value is -1.66. The summed E-state index contributed by atoms with van der Waals surface area (Å²) >= 11 is 1.44. The molecule has 0 amide bonds. The van der Waals surface area contributed by atoms with E-state index in [9.17, 15) is 4.79 Å². The smallest absolute Gasteiger partial charge is 0.251 e. The van der Waals surface area contributed by atoms with E-state index in [0.29, 0.717) is 11.7 Å². The van der Waals surface area contributed by atoms with Crippen molar-refractivity contribution >= 4 is 11.8 Å². The van der Waals surface area contributed by atoms with Crippen molar-refractivity contribution in [3.05, 3.63) is 52.2 Å². The van der Waals surface area contributed by atoms with Gasteiger partial charge in [-0.3, -0.25) is 9.78 Å². The van der Waals surface area contributed by atoms with E-state index < -0.39 is 0 Å². The van der Waals surface area contributed by atoms with Crippen LogP contribution in [0.4, 0.5) is 0 Å². The molecule has 6 heteroatoms. The van der Waals surface area contributed by atoms with E-state index in [1.165, 1.54) is 11.8 Å². The van der Waals surface area contributed by atoms with Crippen molar-refractivity contribution in [3.8, 4) is 0 Å². The fraction of sp³-hybridized carbons (Fsp3) is 0.357. The molecule has 20 heavy (non-hydrogen) atoms. The van der Waals surface area contributed by atoms with Crippen LogP contribution in [0.25, 0.3) is 0 Å². The van der Waals surface area contributed by atoms with Crippen LogP contribution in [0.2, 0.25) is 0 Å². The maximum Gasteiger partial charge on any atom is 0.251 e. The number of hydrogen-bond donors (Lipinski definition) is 2. The molecule has 0 aromatic carbocycles. The summed E-state index contributed by atoms with van der Waals surface area (Å²) in [7, 11) is 0. The molecular weight excluding hydrogens is 272 g/mol. The number of thioether (sulfide) groups is 1. The van der Waals surface area contributed by atoms with Crippen LogP contribution in [0.15, 0.2) is 40.4 Å². The van der Waals surface area contributed by atoms with Gasteiger partial charge in [-0.25, -0.2) is 4.98 Å². The predicted octanol–water partition coefficient (Wildman–Crippen LogP) is 1.91. The lowest BCUT2D eigenvalue weighted by molar-refractivity contribution is 0.808. The van der Waals surface area contributed by atoms with Crippen LogP contribution in [0.3, 0.4) is 0 Å². The van der Waals surface area contributed by atoms with E-state index >= 15 is 0 Å². The van der Waals surface area contributed by atoms with Crippen molar-refractivity contribution < 1.29 is 0 Å². The van der Waals surface area contributed by atoms with Crippen molar-refractivity contribution in [3.63, 3.8) is 0 Å². The number of H-pyrrole nitrogens is 1. The number of aryl methyl sites for hydroxylation is 1. The van der Waals surface area contributed by atoms with Gasteiger partial charge in [-0.05, 0) is 18.6 Å². The summed E-state index contributed by atoms with van der Waals surface area (Å²) in [5.74, 6) is 0. The van der Waals surface area contributed by atoms with E-state index in [1.807, 2.05) is 18.2 Å². The summed E-state index contributed by atoms with van der Waals surface area (Å²) in [4.78, 5) is 23.2. The highest BCUT2D eigenvalue weighted by atomic mass is 32.2. The largest absolute Gasteiger partial charge is 0.329 e. The highest BCUT2D eigenvalue weighted by Gasteiger charge is 2.14. The standard InChI is InChI=1S/C14H18N4OS/c1-2-5-10-8-13(19)18-14(17-10)20-12(9-15)11-6-3-4-7-16-11/h3-4,6-8,12H,2,5,9,15H2,1H3,(H,17,18,19). The Labute approximate surface area is 122 Å². The minimum atomic E-state index is -0.122. The lowest BCUT2D eigenvalue weighted by atomic mass is 10.2. The van der Waals surface area contributed by atoms with Crippen LogP contribution in [0.5, 0.6) is 0 Å². The van der Waals surface area contributed by atoms with Gasteiger partial charge in [0.2, 0.25) is 0 Å². The minimum Gasteiger partial charge on any atom is -0.329 e. The number of nitrogens with zero attached hydrogens (tertiary/aromatic N) is 2. The molecule has 2 rings (SSSR count). The van der Waals surface area contributed by atoms with Crippen molar-refractivity contribution in [2.45, 2.75) is 30.2 Å². The Morgan fingerprint density at radius 2 is 2.30 bits per heavy atom. The first-order valence-corrected chi connectivity index (χ1v) is 7.48.